The van der Waals surface area contributed by atoms with E-state index in [9.17, 15) is 14.4 Å². The van der Waals surface area contributed by atoms with Gasteiger partial charge in [0.25, 0.3) is 0 Å². The number of aromatic nitrogens is 1. The Morgan fingerprint density at radius 2 is 1.60 bits per heavy atom. The van der Waals surface area contributed by atoms with Crippen LogP contribution in [0.2, 0.25) is 0 Å². The second-order valence-corrected chi connectivity index (χ2v) is 5.57. The van der Waals surface area contributed by atoms with Crippen molar-refractivity contribution in [2.45, 2.75) is 27.3 Å². The van der Waals surface area contributed by atoms with Crippen molar-refractivity contribution in [1.29, 1.82) is 0 Å². The van der Waals surface area contributed by atoms with Crippen LogP contribution in [0.15, 0.2) is 30.3 Å². The Balaban J connectivity index is 2.13. The zero-order valence-corrected chi connectivity index (χ0v) is 14.8. The van der Waals surface area contributed by atoms with Gasteiger partial charge in [-0.15, -0.1) is 0 Å². The van der Waals surface area contributed by atoms with Crippen LogP contribution in [0.4, 0.5) is 0 Å². The number of nitrogens with zero attached hydrogens (tertiary/aromatic N) is 1. The lowest BCUT2D eigenvalue weighted by molar-refractivity contribution is 0.0463. The highest BCUT2D eigenvalue weighted by atomic mass is 16.5. The molecule has 2 aromatic rings. The molecule has 0 N–H and O–H groups in total. The molecule has 1 aromatic heterocycles. The number of hydrogen-bond donors (Lipinski definition) is 0. The maximum atomic E-state index is 12.4. The van der Waals surface area contributed by atoms with Crippen LogP contribution in [0.5, 0.6) is 0 Å². The minimum Gasteiger partial charge on any atom is -0.465 e. The van der Waals surface area contributed by atoms with Gasteiger partial charge < -0.3 is 14.0 Å². The first-order chi connectivity index (χ1) is 11.9. The van der Waals surface area contributed by atoms with Crippen LogP contribution in [0, 0.1) is 13.8 Å². The minimum atomic E-state index is -0.737. The summed E-state index contributed by atoms with van der Waals surface area (Å²) in [6.45, 7) is 6.15. The number of ketones is 1. The van der Waals surface area contributed by atoms with Crippen molar-refractivity contribution in [3.8, 4) is 0 Å². The van der Waals surface area contributed by atoms with Crippen LogP contribution in [0.1, 0.15) is 49.4 Å². The van der Waals surface area contributed by atoms with E-state index in [1.54, 1.807) is 18.2 Å². The SMILES string of the molecule is CCn1c(C)cc(C(=O)COC(=O)c2ccccc2C(=O)OC)c1C. The Hall–Kier alpha value is -2.89. The lowest BCUT2D eigenvalue weighted by Gasteiger charge is -2.08. The van der Waals surface area contributed by atoms with E-state index in [1.807, 2.05) is 25.3 Å². The summed E-state index contributed by atoms with van der Waals surface area (Å²) in [7, 11) is 1.23. The molecule has 0 saturated heterocycles. The third kappa shape index (κ3) is 3.79. The molecule has 0 aliphatic carbocycles. The smallest absolute Gasteiger partial charge is 0.339 e. The van der Waals surface area contributed by atoms with E-state index in [0.717, 1.165) is 17.9 Å². The molecule has 6 nitrogen and oxygen atoms in total. The second kappa shape index (κ2) is 7.79. The number of aryl methyl sites for hydroxylation is 1. The quantitative estimate of drug-likeness (QED) is 0.595. The molecule has 1 aromatic carbocycles. The van der Waals surface area contributed by atoms with Crippen LogP contribution in [0.3, 0.4) is 0 Å². The molecule has 0 aliphatic heterocycles. The van der Waals surface area contributed by atoms with E-state index in [-0.39, 0.29) is 23.5 Å². The number of Topliss-reactive ketones (excluding diaryl/α,β-unsaturated/α-hetero) is 1. The summed E-state index contributed by atoms with van der Waals surface area (Å²) in [5, 5.41) is 0. The summed E-state index contributed by atoms with van der Waals surface area (Å²) in [6.07, 6.45) is 0. The molecule has 0 saturated carbocycles. The molecule has 2 rings (SSSR count). The number of methoxy groups -OCH3 is 1. The van der Waals surface area contributed by atoms with Crippen LogP contribution in [0.25, 0.3) is 0 Å². The summed E-state index contributed by atoms with van der Waals surface area (Å²) in [4.78, 5) is 36.3. The molecular formula is C19H21NO5. The largest absolute Gasteiger partial charge is 0.465 e. The number of esters is 2. The number of ether oxygens (including phenoxy) is 2. The van der Waals surface area contributed by atoms with E-state index < -0.39 is 11.9 Å². The van der Waals surface area contributed by atoms with Crippen molar-refractivity contribution in [3.05, 3.63) is 58.4 Å². The first-order valence-corrected chi connectivity index (χ1v) is 7.95. The summed E-state index contributed by atoms with van der Waals surface area (Å²) in [6, 6.07) is 7.95. The average molecular weight is 343 g/mol. The fourth-order valence-electron chi connectivity index (χ4n) is 2.81. The molecule has 132 valence electrons. The Labute approximate surface area is 146 Å². The fourth-order valence-corrected chi connectivity index (χ4v) is 2.81. The molecule has 0 fully saturated rings. The van der Waals surface area contributed by atoms with E-state index in [4.69, 9.17) is 4.74 Å². The molecule has 0 bridgehead atoms. The van der Waals surface area contributed by atoms with Gasteiger partial charge in [-0.05, 0) is 39.0 Å². The van der Waals surface area contributed by atoms with Gasteiger partial charge in [0.1, 0.15) is 0 Å². The highest BCUT2D eigenvalue weighted by Crippen LogP contribution is 2.17. The molecule has 0 radical (unpaired) electrons. The summed E-state index contributed by atoms with van der Waals surface area (Å²) < 4.78 is 11.8. The predicted octanol–water partition coefficient (Wildman–Crippen LogP) is 2.95. The Morgan fingerprint density at radius 1 is 1.00 bits per heavy atom. The maximum Gasteiger partial charge on any atom is 0.339 e. The third-order valence-electron chi connectivity index (χ3n) is 4.08. The standard InChI is InChI=1S/C19H21NO5/c1-5-20-12(2)10-16(13(20)3)17(21)11-25-19(23)15-9-7-6-8-14(15)18(22)24-4/h6-10H,5,11H2,1-4H3. The van der Waals surface area contributed by atoms with Crippen molar-refractivity contribution in [1.82, 2.24) is 4.57 Å². The Morgan fingerprint density at radius 3 is 2.12 bits per heavy atom. The number of carbonyl (C=O) groups is 3. The van der Waals surface area contributed by atoms with Crippen molar-refractivity contribution in [2.75, 3.05) is 13.7 Å². The van der Waals surface area contributed by atoms with Gasteiger partial charge in [-0.1, -0.05) is 12.1 Å². The van der Waals surface area contributed by atoms with Crippen molar-refractivity contribution < 1.29 is 23.9 Å². The van der Waals surface area contributed by atoms with Gasteiger partial charge in [-0.3, -0.25) is 4.79 Å². The first-order valence-electron chi connectivity index (χ1n) is 7.95. The number of benzene rings is 1. The topological polar surface area (TPSA) is 74.6 Å². The first kappa shape index (κ1) is 18.4. The molecule has 0 amide bonds. The zero-order valence-electron chi connectivity index (χ0n) is 14.8. The third-order valence-corrected chi connectivity index (χ3v) is 4.08. The zero-order chi connectivity index (χ0) is 18.6. The molecule has 1 heterocycles. The Bertz CT molecular complexity index is 819. The second-order valence-electron chi connectivity index (χ2n) is 5.57. The normalized spacial score (nSPS) is 10.4. The summed E-state index contributed by atoms with van der Waals surface area (Å²) in [5.41, 5.74) is 2.53. The molecule has 0 unspecified atom stereocenters. The van der Waals surface area contributed by atoms with E-state index in [2.05, 4.69) is 4.74 Å². The number of carbonyl (C=O) groups excluding carboxylic acids is 3. The highest BCUT2D eigenvalue weighted by molar-refractivity contribution is 6.04. The molecule has 0 spiro atoms. The lowest BCUT2D eigenvalue weighted by atomic mass is 10.1. The van der Waals surface area contributed by atoms with Crippen LogP contribution in [-0.2, 0) is 16.0 Å². The van der Waals surface area contributed by atoms with E-state index >= 15 is 0 Å². The van der Waals surface area contributed by atoms with Gasteiger partial charge in [-0.25, -0.2) is 9.59 Å². The average Bonchev–Trinajstić information content (AvgIpc) is 2.92. The molecule has 6 heteroatoms. The van der Waals surface area contributed by atoms with Gasteiger partial charge >= 0.3 is 11.9 Å². The Kier molecular flexibility index (Phi) is 5.75. The van der Waals surface area contributed by atoms with Gasteiger partial charge in [0, 0.05) is 23.5 Å². The van der Waals surface area contributed by atoms with Crippen molar-refractivity contribution >= 4 is 17.7 Å². The van der Waals surface area contributed by atoms with Crippen LogP contribution in [-0.4, -0.2) is 36.0 Å². The monoisotopic (exact) mass is 343 g/mol. The van der Waals surface area contributed by atoms with Gasteiger partial charge in [0.05, 0.1) is 18.2 Å². The van der Waals surface area contributed by atoms with Crippen LogP contribution >= 0.6 is 0 Å². The summed E-state index contributed by atoms with van der Waals surface area (Å²) >= 11 is 0. The van der Waals surface area contributed by atoms with E-state index in [1.165, 1.54) is 19.2 Å². The molecule has 0 aliphatic rings. The highest BCUT2D eigenvalue weighted by Gasteiger charge is 2.21. The maximum absolute atomic E-state index is 12.4. The fraction of sp³-hybridized carbons (Fsp3) is 0.316. The van der Waals surface area contributed by atoms with Crippen LogP contribution < -0.4 is 0 Å². The van der Waals surface area contributed by atoms with Gasteiger partial charge in [0.15, 0.2) is 6.61 Å². The van der Waals surface area contributed by atoms with Gasteiger partial charge in [0.2, 0.25) is 5.78 Å². The van der Waals surface area contributed by atoms with Crippen molar-refractivity contribution in [2.24, 2.45) is 0 Å². The van der Waals surface area contributed by atoms with E-state index in [0.29, 0.717) is 5.56 Å². The predicted molar refractivity (Wildman–Crippen MR) is 92.0 cm³/mol. The minimum absolute atomic E-state index is 0.0705. The number of hydrogen-bond acceptors (Lipinski definition) is 5. The number of rotatable bonds is 6. The van der Waals surface area contributed by atoms with Crippen molar-refractivity contribution in [3.63, 3.8) is 0 Å². The molecule has 0 atom stereocenters. The lowest BCUT2D eigenvalue weighted by Crippen LogP contribution is -2.17. The molecular weight excluding hydrogens is 322 g/mol. The van der Waals surface area contributed by atoms with Gasteiger partial charge in [-0.2, -0.15) is 0 Å². The summed E-state index contributed by atoms with van der Waals surface area (Å²) in [5.74, 6) is -1.65. The molecule has 25 heavy (non-hydrogen) atoms.